The van der Waals surface area contributed by atoms with Gasteiger partial charge in [0.1, 0.15) is 5.78 Å². The van der Waals surface area contributed by atoms with Crippen LogP contribution in [0.15, 0.2) is 30.5 Å². The van der Waals surface area contributed by atoms with Gasteiger partial charge in [-0.05, 0) is 42.5 Å². The van der Waals surface area contributed by atoms with E-state index in [1.165, 1.54) is 10.9 Å². The lowest BCUT2D eigenvalue weighted by Gasteiger charge is -2.02. The van der Waals surface area contributed by atoms with Crippen molar-refractivity contribution in [1.29, 1.82) is 0 Å². The zero-order valence-electron chi connectivity index (χ0n) is 9.16. The Morgan fingerprint density at radius 3 is 2.80 bits per heavy atom. The normalized spacial score (nSPS) is 10.8. The van der Waals surface area contributed by atoms with Gasteiger partial charge in [-0.2, -0.15) is 0 Å². The van der Waals surface area contributed by atoms with Gasteiger partial charge >= 0.3 is 0 Å². The van der Waals surface area contributed by atoms with E-state index in [0.29, 0.717) is 6.54 Å². The largest absolute Gasteiger partial charge is 0.340 e. The van der Waals surface area contributed by atoms with E-state index in [0.717, 1.165) is 11.9 Å². The molecule has 1 aromatic heterocycles. The summed E-state index contributed by atoms with van der Waals surface area (Å²) in [5.41, 5.74) is 2.48. The van der Waals surface area contributed by atoms with Crippen LogP contribution in [0.1, 0.15) is 19.4 Å². The van der Waals surface area contributed by atoms with Crippen molar-refractivity contribution in [2.75, 3.05) is 0 Å². The number of aromatic nitrogens is 1. The third-order valence-electron chi connectivity index (χ3n) is 2.64. The summed E-state index contributed by atoms with van der Waals surface area (Å²) in [4.78, 5) is 11.1. The SMILES string of the molecule is CCc1ccc2c(ccn2CC(C)=O)c1. The maximum atomic E-state index is 11.1. The predicted octanol–water partition coefficient (Wildman–Crippen LogP) is 2.79. The fourth-order valence-corrected chi connectivity index (χ4v) is 1.85. The lowest BCUT2D eigenvalue weighted by Crippen LogP contribution is -2.04. The molecule has 1 aromatic carbocycles. The molecule has 78 valence electrons. The van der Waals surface area contributed by atoms with Crippen molar-refractivity contribution in [3.8, 4) is 0 Å². The first-order valence-corrected chi connectivity index (χ1v) is 5.28. The lowest BCUT2D eigenvalue weighted by molar-refractivity contribution is -0.117. The van der Waals surface area contributed by atoms with Crippen LogP contribution < -0.4 is 0 Å². The summed E-state index contributed by atoms with van der Waals surface area (Å²) in [5.74, 6) is 0.187. The number of nitrogens with zero attached hydrogens (tertiary/aromatic N) is 1. The van der Waals surface area contributed by atoms with E-state index in [1.807, 2.05) is 10.8 Å². The highest BCUT2D eigenvalue weighted by molar-refractivity contribution is 5.83. The number of benzene rings is 1. The number of aryl methyl sites for hydroxylation is 1. The molecule has 1 heterocycles. The van der Waals surface area contributed by atoms with Crippen molar-refractivity contribution in [1.82, 2.24) is 4.57 Å². The predicted molar refractivity (Wildman–Crippen MR) is 62.0 cm³/mol. The topological polar surface area (TPSA) is 22.0 Å². The van der Waals surface area contributed by atoms with Crippen LogP contribution in [0, 0.1) is 0 Å². The van der Waals surface area contributed by atoms with Gasteiger partial charge in [-0.25, -0.2) is 0 Å². The Labute approximate surface area is 89.5 Å². The number of rotatable bonds is 3. The zero-order valence-corrected chi connectivity index (χ0v) is 9.16. The molecule has 0 bridgehead atoms. The molecular weight excluding hydrogens is 186 g/mol. The van der Waals surface area contributed by atoms with Crippen molar-refractivity contribution in [2.24, 2.45) is 0 Å². The Hall–Kier alpha value is -1.57. The van der Waals surface area contributed by atoms with Gasteiger partial charge in [0.05, 0.1) is 6.54 Å². The van der Waals surface area contributed by atoms with Crippen molar-refractivity contribution in [2.45, 2.75) is 26.8 Å². The molecular formula is C13H15NO. The van der Waals surface area contributed by atoms with E-state index in [-0.39, 0.29) is 5.78 Å². The smallest absolute Gasteiger partial charge is 0.149 e. The maximum Gasteiger partial charge on any atom is 0.149 e. The summed E-state index contributed by atoms with van der Waals surface area (Å²) in [6.07, 6.45) is 3.03. The van der Waals surface area contributed by atoms with E-state index < -0.39 is 0 Å². The molecule has 0 radical (unpaired) electrons. The number of hydrogen-bond acceptors (Lipinski definition) is 1. The minimum absolute atomic E-state index is 0.187. The van der Waals surface area contributed by atoms with Crippen LogP contribution in [-0.2, 0) is 17.8 Å². The van der Waals surface area contributed by atoms with Crippen LogP contribution in [0.3, 0.4) is 0 Å². The third kappa shape index (κ3) is 1.94. The Bertz CT molecular complexity index is 496. The molecule has 0 saturated heterocycles. The third-order valence-corrected chi connectivity index (χ3v) is 2.64. The first-order chi connectivity index (χ1) is 7.20. The van der Waals surface area contributed by atoms with Gasteiger partial charge in [0.2, 0.25) is 0 Å². The summed E-state index contributed by atoms with van der Waals surface area (Å²) in [6, 6.07) is 8.47. The summed E-state index contributed by atoms with van der Waals surface area (Å²) in [6.45, 7) is 4.23. The van der Waals surface area contributed by atoms with Gasteiger partial charge in [0.15, 0.2) is 0 Å². The fraction of sp³-hybridized carbons (Fsp3) is 0.308. The Morgan fingerprint density at radius 1 is 1.33 bits per heavy atom. The Kier molecular flexibility index (Phi) is 2.58. The molecule has 0 aliphatic heterocycles. The lowest BCUT2D eigenvalue weighted by atomic mass is 10.1. The van der Waals surface area contributed by atoms with E-state index in [4.69, 9.17) is 0 Å². The standard InChI is InChI=1S/C13H15NO/c1-3-11-4-5-13-12(8-11)6-7-14(13)9-10(2)15/h4-8H,3,9H2,1-2H3. The van der Waals surface area contributed by atoms with Crippen LogP contribution in [0.5, 0.6) is 0 Å². The van der Waals surface area contributed by atoms with Crippen LogP contribution in [0.25, 0.3) is 10.9 Å². The second kappa shape index (κ2) is 3.89. The molecule has 0 amide bonds. The van der Waals surface area contributed by atoms with Crippen LogP contribution in [0.2, 0.25) is 0 Å². The molecule has 0 aliphatic rings. The first kappa shape index (κ1) is 9.97. The average Bonchev–Trinajstić information content (AvgIpc) is 2.60. The highest BCUT2D eigenvalue weighted by Crippen LogP contribution is 2.18. The molecule has 0 N–H and O–H groups in total. The molecule has 15 heavy (non-hydrogen) atoms. The monoisotopic (exact) mass is 201 g/mol. The molecule has 0 fully saturated rings. The number of hydrogen-bond donors (Lipinski definition) is 0. The Morgan fingerprint density at radius 2 is 2.13 bits per heavy atom. The summed E-state index contributed by atoms with van der Waals surface area (Å²) < 4.78 is 2.00. The molecule has 2 heteroatoms. The minimum atomic E-state index is 0.187. The fourth-order valence-electron chi connectivity index (χ4n) is 1.85. The molecule has 2 aromatic rings. The van der Waals surface area contributed by atoms with E-state index in [1.54, 1.807) is 6.92 Å². The number of ketones is 1. The van der Waals surface area contributed by atoms with Gasteiger partial charge < -0.3 is 4.57 Å². The number of Topliss-reactive ketones (excluding diaryl/α,β-unsaturated/α-hetero) is 1. The van der Waals surface area contributed by atoms with Crippen LogP contribution in [0.4, 0.5) is 0 Å². The van der Waals surface area contributed by atoms with Gasteiger partial charge in [0.25, 0.3) is 0 Å². The second-order valence-electron chi connectivity index (χ2n) is 3.89. The quantitative estimate of drug-likeness (QED) is 0.748. The average molecular weight is 201 g/mol. The summed E-state index contributed by atoms with van der Waals surface area (Å²) in [5, 5.41) is 1.22. The number of carbonyl (C=O) groups excluding carboxylic acids is 1. The molecule has 2 nitrogen and oxygen atoms in total. The van der Waals surface area contributed by atoms with E-state index in [9.17, 15) is 4.79 Å². The maximum absolute atomic E-state index is 11.1. The highest BCUT2D eigenvalue weighted by Gasteiger charge is 2.02. The number of carbonyl (C=O) groups is 1. The van der Waals surface area contributed by atoms with Gasteiger partial charge in [-0.1, -0.05) is 13.0 Å². The second-order valence-corrected chi connectivity index (χ2v) is 3.89. The van der Waals surface area contributed by atoms with Crippen molar-refractivity contribution < 1.29 is 4.79 Å². The molecule has 0 spiro atoms. The van der Waals surface area contributed by atoms with Gasteiger partial charge in [-0.15, -0.1) is 0 Å². The van der Waals surface area contributed by atoms with Crippen molar-refractivity contribution >= 4 is 16.7 Å². The first-order valence-electron chi connectivity index (χ1n) is 5.28. The summed E-state index contributed by atoms with van der Waals surface area (Å²) in [7, 11) is 0. The molecule has 0 saturated carbocycles. The summed E-state index contributed by atoms with van der Waals surface area (Å²) >= 11 is 0. The molecule has 0 unspecified atom stereocenters. The van der Waals surface area contributed by atoms with Gasteiger partial charge in [0, 0.05) is 11.7 Å². The highest BCUT2D eigenvalue weighted by atomic mass is 16.1. The van der Waals surface area contributed by atoms with Crippen LogP contribution >= 0.6 is 0 Å². The van der Waals surface area contributed by atoms with E-state index >= 15 is 0 Å². The molecule has 0 aliphatic carbocycles. The van der Waals surface area contributed by atoms with E-state index in [2.05, 4.69) is 31.2 Å². The molecule has 0 atom stereocenters. The number of fused-ring (bicyclic) bond motifs is 1. The Balaban J connectivity index is 2.47. The van der Waals surface area contributed by atoms with Gasteiger partial charge in [-0.3, -0.25) is 4.79 Å². The molecule has 2 rings (SSSR count). The minimum Gasteiger partial charge on any atom is -0.340 e. The van der Waals surface area contributed by atoms with Crippen molar-refractivity contribution in [3.63, 3.8) is 0 Å². The van der Waals surface area contributed by atoms with Crippen molar-refractivity contribution in [3.05, 3.63) is 36.0 Å². The van der Waals surface area contributed by atoms with Crippen LogP contribution in [-0.4, -0.2) is 10.4 Å². The zero-order chi connectivity index (χ0) is 10.8.